The largest absolute Gasteiger partial charge is 0.336 e. The number of sulfonamides is 1. The zero-order valence-corrected chi connectivity index (χ0v) is 17.2. The maximum atomic E-state index is 12.8. The van der Waals surface area contributed by atoms with Crippen LogP contribution in [0.3, 0.4) is 0 Å². The lowest BCUT2D eigenvalue weighted by molar-refractivity contribution is -0.138. The van der Waals surface area contributed by atoms with Crippen molar-refractivity contribution in [1.82, 2.24) is 14.1 Å². The number of amides is 1. The molecule has 0 spiro atoms. The van der Waals surface area contributed by atoms with Crippen LogP contribution >= 0.6 is 0 Å². The first-order valence-corrected chi connectivity index (χ1v) is 11.5. The van der Waals surface area contributed by atoms with Crippen molar-refractivity contribution in [2.75, 3.05) is 32.7 Å². The summed E-state index contributed by atoms with van der Waals surface area (Å²) in [5, 5.41) is 0. The van der Waals surface area contributed by atoms with E-state index < -0.39 is 10.0 Å². The minimum atomic E-state index is -3.31. The van der Waals surface area contributed by atoms with E-state index in [1.54, 1.807) is 4.31 Å². The highest BCUT2D eigenvalue weighted by Gasteiger charge is 2.32. The van der Waals surface area contributed by atoms with Crippen molar-refractivity contribution in [3.05, 3.63) is 35.9 Å². The van der Waals surface area contributed by atoms with Crippen molar-refractivity contribution >= 4 is 15.9 Å². The molecule has 7 heteroatoms. The molecule has 27 heavy (non-hydrogen) atoms. The molecule has 2 heterocycles. The van der Waals surface area contributed by atoms with Crippen LogP contribution < -0.4 is 0 Å². The second kappa shape index (κ2) is 8.71. The van der Waals surface area contributed by atoms with Crippen molar-refractivity contribution in [1.29, 1.82) is 0 Å². The maximum absolute atomic E-state index is 12.8. The number of benzene rings is 1. The molecule has 0 saturated carbocycles. The summed E-state index contributed by atoms with van der Waals surface area (Å²) in [6, 6.07) is 9.88. The van der Waals surface area contributed by atoms with Gasteiger partial charge in [0.2, 0.25) is 15.9 Å². The second-order valence-corrected chi connectivity index (χ2v) is 9.82. The molecular formula is C20H31N3O3S. The van der Waals surface area contributed by atoms with Gasteiger partial charge in [-0.1, -0.05) is 30.3 Å². The molecule has 0 unspecified atom stereocenters. The molecule has 0 bridgehead atoms. The normalized spacial score (nSPS) is 25.5. The number of piperidine rings is 1. The fourth-order valence-electron chi connectivity index (χ4n) is 4.23. The van der Waals surface area contributed by atoms with E-state index in [9.17, 15) is 13.2 Å². The Hall–Kier alpha value is -1.44. The standard InChI is InChI=1S/C20H31N3O3S/c1-17-7-6-8-18(2)23(17)20(24)15-21-11-13-22(14-12-21)27(25,26)16-19-9-4-3-5-10-19/h3-5,9-10,17-18H,6-8,11-16H2,1-2H3/t17-,18+. The number of rotatable bonds is 5. The van der Waals surface area contributed by atoms with Crippen LogP contribution in [0.4, 0.5) is 0 Å². The Labute approximate surface area is 163 Å². The van der Waals surface area contributed by atoms with E-state index in [1.165, 1.54) is 6.42 Å². The minimum Gasteiger partial charge on any atom is -0.336 e. The van der Waals surface area contributed by atoms with Crippen molar-refractivity contribution < 1.29 is 13.2 Å². The van der Waals surface area contributed by atoms with Gasteiger partial charge in [0.15, 0.2) is 0 Å². The van der Waals surface area contributed by atoms with Crippen molar-refractivity contribution in [2.24, 2.45) is 0 Å². The topological polar surface area (TPSA) is 60.9 Å². The van der Waals surface area contributed by atoms with Crippen LogP contribution in [0.2, 0.25) is 0 Å². The monoisotopic (exact) mass is 393 g/mol. The third-order valence-electron chi connectivity index (χ3n) is 5.76. The molecule has 2 aliphatic heterocycles. The number of hydrogen-bond donors (Lipinski definition) is 0. The van der Waals surface area contributed by atoms with Gasteiger partial charge >= 0.3 is 0 Å². The van der Waals surface area contributed by atoms with Crippen LogP contribution in [0.25, 0.3) is 0 Å². The lowest BCUT2D eigenvalue weighted by atomic mass is 9.97. The third kappa shape index (κ3) is 5.09. The molecule has 6 nitrogen and oxygen atoms in total. The molecule has 0 N–H and O–H groups in total. The lowest BCUT2D eigenvalue weighted by Crippen LogP contribution is -2.54. The zero-order chi connectivity index (χ0) is 19.4. The molecule has 2 atom stereocenters. The van der Waals surface area contributed by atoms with E-state index in [2.05, 4.69) is 18.7 Å². The number of carbonyl (C=O) groups is 1. The number of piperazine rings is 1. The van der Waals surface area contributed by atoms with Gasteiger partial charge in [-0.25, -0.2) is 8.42 Å². The lowest BCUT2D eigenvalue weighted by Gasteiger charge is -2.41. The predicted molar refractivity (Wildman–Crippen MR) is 107 cm³/mol. The van der Waals surface area contributed by atoms with Gasteiger partial charge < -0.3 is 4.90 Å². The summed E-state index contributed by atoms with van der Waals surface area (Å²) in [4.78, 5) is 16.9. The van der Waals surface area contributed by atoms with Gasteiger partial charge in [0, 0.05) is 38.3 Å². The van der Waals surface area contributed by atoms with E-state index in [0.29, 0.717) is 44.8 Å². The van der Waals surface area contributed by atoms with Gasteiger partial charge in [-0.05, 0) is 38.7 Å². The molecule has 1 aromatic rings. The van der Waals surface area contributed by atoms with Crippen molar-refractivity contribution in [2.45, 2.75) is 50.9 Å². The van der Waals surface area contributed by atoms with Gasteiger partial charge in [-0.3, -0.25) is 9.69 Å². The number of likely N-dealkylation sites (tertiary alicyclic amines) is 1. The quantitative estimate of drug-likeness (QED) is 0.767. The van der Waals surface area contributed by atoms with Crippen LogP contribution in [0, 0.1) is 0 Å². The molecule has 0 aromatic heterocycles. The fraction of sp³-hybridized carbons (Fsp3) is 0.650. The van der Waals surface area contributed by atoms with Gasteiger partial charge in [0.25, 0.3) is 0 Å². The van der Waals surface area contributed by atoms with Crippen molar-refractivity contribution in [3.63, 3.8) is 0 Å². The molecule has 2 aliphatic rings. The average Bonchev–Trinajstić information content (AvgIpc) is 2.62. The molecule has 0 radical (unpaired) electrons. The maximum Gasteiger partial charge on any atom is 0.237 e. The Morgan fingerprint density at radius 1 is 1.00 bits per heavy atom. The molecule has 3 rings (SSSR count). The molecule has 2 fully saturated rings. The summed E-state index contributed by atoms with van der Waals surface area (Å²) in [7, 11) is -3.31. The van der Waals surface area contributed by atoms with Crippen molar-refractivity contribution in [3.8, 4) is 0 Å². The smallest absolute Gasteiger partial charge is 0.237 e. The third-order valence-corrected chi connectivity index (χ3v) is 7.61. The van der Waals surface area contributed by atoms with Crippen LogP contribution in [0.5, 0.6) is 0 Å². The van der Waals surface area contributed by atoms with Crippen LogP contribution in [-0.2, 0) is 20.6 Å². The van der Waals surface area contributed by atoms with E-state index in [-0.39, 0.29) is 11.7 Å². The molecule has 0 aliphatic carbocycles. The SMILES string of the molecule is C[C@@H]1CCC[C@H](C)N1C(=O)CN1CCN(S(=O)(=O)Cc2ccccc2)CC1. The summed E-state index contributed by atoms with van der Waals surface area (Å²) in [6.45, 7) is 6.76. The van der Waals surface area contributed by atoms with E-state index in [1.807, 2.05) is 35.2 Å². The average molecular weight is 394 g/mol. The van der Waals surface area contributed by atoms with E-state index in [4.69, 9.17) is 0 Å². The Balaban J connectivity index is 1.52. The zero-order valence-electron chi connectivity index (χ0n) is 16.4. The van der Waals surface area contributed by atoms with Crippen LogP contribution in [0.15, 0.2) is 30.3 Å². The first-order valence-electron chi connectivity index (χ1n) is 9.92. The predicted octanol–water partition coefficient (Wildman–Crippen LogP) is 1.92. The van der Waals surface area contributed by atoms with Gasteiger partial charge in [0.1, 0.15) is 0 Å². The Morgan fingerprint density at radius 2 is 1.59 bits per heavy atom. The highest BCUT2D eigenvalue weighted by atomic mass is 32.2. The van der Waals surface area contributed by atoms with Gasteiger partial charge in [0.05, 0.1) is 12.3 Å². The Kier molecular flexibility index (Phi) is 6.55. The first-order chi connectivity index (χ1) is 12.9. The van der Waals surface area contributed by atoms with E-state index >= 15 is 0 Å². The number of nitrogens with zero attached hydrogens (tertiary/aromatic N) is 3. The molecular weight excluding hydrogens is 362 g/mol. The summed E-state index contributed by atoms with van der Waals surface area (Å²) in [5.41, 5.74) is 0.809. The molecule has 1 amide bonds. The van der Waals surface area contributed by atoms with Crippen LogP contribution in [-0.4, -0.2) is 73.2 Å². The number of carbonyl (C=O) groups excluding carboxylic acids is 1. The second-order valence-electron chi connectivity index (χ2n) is 7.85. The molecule has 150 valence electrons. The van der Waals surface area contributed by atoms with Gasteiger partial charge in [-0.2, -0.15) is 4.31 Å². The molecule has 2 saturated heterocycles. The summed E-state index contributed by atoms with van der Waals surface area (Å²) in [5.74, 6) is 0.213. The Morgan fingerprint density at radius 3 is 2.19 bits per heavy atom. The molecule has 1 aromatic carbocycles. The minimum absolute atomic E-state index is 0.0373. The summed E-state index contributed by atoms with van der Waals surface area (Å²) >= 11 is 0. The number of hydrogen-bond acceptors (Lipinski definition) is 4. The summed E-state index contributed by atoms with van der Waals surface area (Å²) in [6.07, 6.45) is 3.33. The first kappa shape index (κ1) is 20.3. The van der Waals surface area contributed by atoms with Crippen LogP contribution in [0.1, 0.15) is 38.7 Å². The Bertz CT molecular complexity index is 720. The van der Waals surface area contributed by atoms with Gasteiger partial charge in [-0.15, -0.1) is 0 Å². The van der Waals surface area contributed by atoms with E-state index in [0.717, 1.165) is 18.4 Å². The highest BCUT2D eigenvalue weighted by Crippen LogP contribution is 2.23. The fourth-order valence-corrected chi connectivity index (χ4v) is 5.74. The highest BCUT2D eigenvalue weighted by molar-refractivity contribution is 7.88. The summed E-state index contributed by atoms with van der Waals surface area (Å²) < 4.78 is 26.9.